The lowest BCUT2D eigenvalue weighted by Gasteiger charge is -2.09. The molecule has 1 rings (SSSR count). The Labute approximate surface area is 101 Å². The van der Waals surface area contributed by atoms with Gasteiger partial charge >= 0.3 is 5.97 Å². The van der Waals surface area contributed by atoms with Crippen LogP contribution in [0.2, 0.25) is 0 Å². The molecule has 0 radical (unpaired) electrons. The van der Waals surface area contributed by atoms with Gasteiger partial charge in [-0.3, -0.25) is 4.79 Å². The van der Waals surface area contributed by atoms with Crippen molar-refractivity contribution in [3.8, 4) is 0 Å². The first-order chi connectivity index (χ1) is 7.00. The molecule has 1 N–H and O–H groups in total. The molecular formula is C10H12BrNO2S. The van der Waals surface area contributed by atoms with Gasteiger partial charge in [-0.15, -0.1) is 11.8 Å². The molecule has 0 aromatic carbocycles. The quantitative estimate of drug-likeness (QED) is 0.866. The van der Waals surface area contributed by atoms with Gasteiger partial charge < -0.3 is 5.11 Å². The number of carboxylic acids is 1. The third kappa shape index (κ3) is 3.83. The maximum Gasteiger partial charge on any atom is 0.304 e. The first-order valence-electron chi connectivity index (χ1n) is 4.50. The molecule has 0 aliphatic heterocycles. The molecule has 0 aliphatic carbocycles. The van der Waals surface area contributed by atoms with Gasteiger partial charge in [-0.05, 0) is 34.5 Å². The van der Waals surface area contributed by atoms with E-state index in [2.05, 4.69) is 20.9 Å². The topological polar surface area (TPSA) is 50.2 Å². The van der Waals surface area contributed by atoms with Crippen molar-refractivity contribution in [1.29, 1.82) is 0 Å². The Bertz CT molecular complexity index is 370. The summed E-state index contributed by atoms with van der Waals surface area (Å²) in [5.74, 6) is -0.779. The molecule has 1 atom stereocenters. The minimum Gasteiger partial charge on any atom is -0.481 e. The summed E-state index contributed by atoms with van der Waals surface area (Å²) in [5, 5.41) is 9.51. The number of rotatable bonds is 4. The molecule has 0 saturated carbocycles. The third-order valence-corrected chi connectivity index (χ3v) is 4.19. The lowest BCUT2D eigenvalue weighted by atomic mass is 10.3. The SMILES string of the molecule is Cc1ccnc(SC(C)CC(=O)O)c1Br. The van der Waals surface area contributed by atoms with Crippen LogP contribution in [0.4, 0.5) is 0 Å². The zero-order valence-corrected chi connectivity index (χ0v) is 10.9. The average Bonchev–Trinajstić information content (AvgIpc) is 2.11. The average molecular weight is 290 g/mol. The molecule has 0 spiro atoms. The van der Waals surface area contributed by atoms with Crippen molar-refractivity contribution in [3.63, 3.8) is 0 Å². The number of hydrogen-bond donors (Lipinski definition) is 1. The summed E-state index contributed by atoms with van der Waals surface area (Å²) < 4.78 is 0.951. The van der Waals surface area contributed by atoms with Crippen LogP contribution in [0.5, 0.6) is 0 Å². The van der Waals surface area contributed by atoms with Crippen molar-refractivity contribution < 1.29 is 9.90 Å². The number of thioether (sulfide) groups is 1. The van der Waals surface area contributed by atoms with Gasteiger partial charge in [0.05, 0.1) is 10.9 Å². The van der Waals surface area contributed by atoms with Crippen LogP contribution in [0.25, 0.3) is 0 Å². The number of carboxylic acid groups (broad SMARTS) is 1. The fourth-order valence-corrected chi connectivity index (χ4v) is 2.58. The molecular weight excluding hydrogens is 278 g/mol. The van der Waals surface area contributed by atoms with Crippen LogP contribution in [0.1, 0.15) is 18.9 Å². The Morgan fingerprint density at radius 2 is 2.40 bits per heavy atom. The Kier molecular flexibility index (Phi) is 4.60. The number of aromatic nitrogens is 1. The zero-order valence-electron chi connectivity index (χ0n) is 8.53. The van der Waals surface area contributed by atoms with Crippen molar-refractivity contribution in [1.82, 2.24) is 4.98 Å². The Morgan fingerprint density at radius 3 is 3.00 bits per heavy atom. The number of carbonyl (C=O) groups is 1. The molecule has 1 unspecified atom stereocenters. The smallest absolute Gasteiger partial charge is 0.304 e. The van der Waals surface area contributed by atoms with E-state index in [4.69, 9.17) is 5.11 Å². The van der Waals surface area contributed by atoms with Crippen LogP contribution in [0.15, 0.2) is 21.8 Å². The number of aryl methyl sites for hydroxylation is 1. The molecule has 0 bridgehead atoms. The highest BCUT2D eigenvalue weighted by atomic mass is 79.9. The number of pyridine rings is 1. The summed E-state index contributed by atoms with van der Waals surface area (Å²) in [4.78, 5) is 14.7. The monoisotopic (exact) mass is 289 g/mol. The van der Waals surface area contributed by atoms with Gasteiger partial charge in [0.25, 0.3) is 0 Å². The van der Waals surface area contributed by atoms with Crippen LogP contribution in [-0.4, -0.2) is 21.3 Å². The second-order valence-corrected chi connectivity index (χ2v) is 5.49. The maximum absolute atomic E-state index is 10.5. The van der Waals surface area contributed by atoms with E-state index in [0.29, 0.717) is 0 Å². The zero-order chi connectivity index (χ0) is 11.4. The fourth-order valence-electron chi connectivity index (χ4n) is 1.08. The number of aliphatic carboxylic acids is 1. The van der Waals surface area contributed by atoms with E-state index >= 15 is 0 Å². The Morgan fingerprint density at radius 1 is 1.73 bits per heavy atom. The highest BCUT2D eigenvalue weighted by Gasteiger charge is 2.12. The van der Waals surface area contributed by atoms with Gasteiger partial charge in [0.1, 0.15) is 5.03 Å². The van der Waals surface area contributed by atoms with Crippen LogP contribution in [-0.2, 0) is 4.79 Å². The first-order valence-corrected chi connectivity index (χ1v) is 6.17. The molecule has 0 saturated heterocycles. The summed E-state index contributed by atoms with van der Waals surface area (Å²) in [6, 6.07) is 1.91. The van der Waals surface area contributed by atoms with E-state index in [1.165, 1.54) is 11.8 Å². The van der Waals surface area contributed by atoms with Crippen molar-refractivity contribution in [2.75, 3.05) is 0 Å². The molecule has 1 aromatic rings. The Hall–Kier alpha value is -0.550. The number of halogens is 1. The van der Waals surface area contributed by atoms with Gasteiger partial charge in [-0.1, -0.05) is 6.92 Å². The van der Waals surface area contributed by atoms with Crippen LogP contribution < -0.4 is 0 Å². The van der Waals surface area contributed by atoms with Crippen LogP contribution in [0.3, 0.4) is 0 Å². The third-order valence-electron chi connectivity index (χ3n) is 1.83. The van der Waals surface area contributed by atoms with Gasteiger partial charge in [-0.25, -0.2) is 4.98 Å². The lowest BCUT2D eigenvalue weighted by molar-refractivity contribution is -0.136. The Balaban J connectivity index is 2.72. The van der Waals surface area contributed by atoms with Gasteiger partial charge in [0, 0.05) is 11.4 Å². The highest BCUT2D eigenvalue weighted by Crippen LogP contribution is 2.31. The summed E-state index contributed by atoms with van der Waals surface area (Å²) in [6.07, 6.45) is 1.88. The molecule has 3 nitrogen and oxygen atoms in total. The number of hydrogen-bond acceptors (Lipinski definition) is 3. The van der Waals surface area contributed by atoms with E-state index in [0.717, 1.165) is 15.1 Å². The molecule has 0 aliphatic rings. The van der Waals surface area contributed by atoms with Crippen molar-refractivity contribution in [3.05, 3.63) is 22.3 Å². The summed E-state index contributed by atoms with van der Waals surface area (Å²) in [7, 11) is 0. The van der Waals surface area contributed by atoms with Gasteiger partial charge in [0.2, 0.25) is 0 Å². The van der Waals surface area contributed by atoms with Gasteiger partial charge in [-0.2, -0.15) is 0 Å². The van der Waals surface area contributed by atoms with Crippen LogP contribution in [0, 0.1) is 6.92 Å². The first kappa shape index (κ1) is 12.5. The fraction of sp³-hybridized carbons (Fsp3) is 0.400. The highest BCUT2D eigenvalue weighted by molar-refractivity contribution is 9.10. The minimum atomic E-state index is -0.779. The van der Waals surface area contributed by atoms with E-state index in [1.54, 1.807) is 6.20 Å². The molecule has 0 amide bonds. The van der Waals surface area contributed by atoms with Crippen LogP contribution >= 0.6 is 27.7 Å². The predicted molar refractivity (Wildman–Crippen MR) is 64.2 cm³/mol. The largest absolute Gasteiger partial charge is 0.481 e. The summed E-state index contributed by atoms with van der Waals surface area (Å²) in [5.41, 5.74) is 1.11. The van der Waals surface area contributed by atoms with E-state index in [9.17, 15) is 4.79 Å². The van der Waals surface area contributed by atoms with E-state index in [1.807, 2.05) is 19.9 Å². The predicted octanol–water partition coefficient (Wildman–Crippen LogP) is 3.11. The standard InChI is InChI=1S/C10H12BrNO2S/c1-6-3-4-12-10(9(6)11)15-7(2)5-8(13)14/h3-4,7H,5H2,1-2H3,(H,13,14). The molecule has 0 fully saturated rings. The number of nitrogens with zero attached hydrogens (tertiary/aromatic N) is 1. The van der Waals surface area contributed by atoms with Crippen molar-refractivity contribution in [2.24, 2.45) is 0 Å². The van der Waals surface area contributed by atoms with Gasteiger partial charge in [0.15, 0.2) is 0 Å². The second-order valence-electron chi connectivity index (χ2n) is 3.27. The lowest BCUT2D eigenvalue weighted by Crippen LogP contribution is -2.06. The molecule has 1 aromatic heterocycles. The second kappa shape index (κ2) is 5.51. The molecule has 82 valence electrons. The molecule has 5 heteroatoms. The molecule has 15 heavy (non-hydrogen) atoms. The maximum atomic E-state index is 10.5. The van der Waals surface area contributed by atoms with E-state index < -0.39 is 5.97 Å². The van der Waals surface area contributed by atoms with E-state index in [-0.39, 0.29) is 11.7 Å². The molecule has 1 heterocycles. The summed E-state index contributed by atoms with van der Waals surface area (Å²) >= 11 is 4.92. The van der Waals surface area contributed by atoms with Crippen molar-refractivity contribution in [2.45, 2.75) is 30.5 Å². The van der Waals surface area contributed by atoms with Crippen molar-refractivity contribution >= 4 is 33.7 Å². The summed E-state index contributed by atoms with van der Waals surface area (Å²) in [6.45, 7) is 3.87. The normalized spacial score (nSPS) is 12.5. The minimum absolute atomic E-state index is 0.0214.